The topological polar surface area (TPSA) is 75.6 Å². The van der Waals surface area contributed by atoms with Gasteiger partial charge in [0.1, 0.15) is 11.9 Å². The quantitative estimate of drug-likeness (QED) is 0.630. The van der Waals surface area contributed by atoms with Gasteiger partial charge < -0.3 is 15.2 Å². The first-order valence-electron chi connectivity index (χ1n) is 7.01. The molecule has 3 aliphatic rings. The van der Waals surface area contributed by atoms with Crippen molar-refractivity contribution in [3.63, 3.8) is 0 Å². The summed E-state index contributed by atoms with van der Waals surface area (Å²) in [7, 11) is 0. The molecule has 3 fully saturated rings. The number of nitrogens with one attached hydrogen (secondary N) is 1. The summed E-state index contributed by atoms with van der Waals surface area (Å²) < 4.78 is 5.40. The number of carbonyl (C=O) groups excluding carboxylic acids is 2. The largest absolute Gasteiger partial charge is 0.508 e. The average Bonchev–Trinajstić information content (AvgIpc) is 3.02. The molecule has 4 rings (SSSR count). The summed E-state index contributed by atoms with van der Waals surface area (Å²) in [5, 5.41) is 12.3. The van der Waals surface area contributed by atoms with Crippen LogP contribution < -0.4 is 5.32 Å². The van der Waals surface area contributed by atoms with Gasteiger partial charge in [0.15, 0.2) is 0 Å². The molecule has 6 heteroatoms. The van der Waals surface area contributed by atoms with E-state index in [1.807, 2.05) is 0 Å². The van der Waals surface area contributed by atoms with Crippen LogP contribution >= 0.6 is 15.9 Å². The highest BCUT2D eigenvalue weighted by atomic mass is 79.9. The summed E-state index contributed by atoms with van der Waals surface area (Å²) >= 11 is 3.58. The van der Waals surface area contributed by atoms with Gasteiger partial charge in [-0.3, -0.25) is 9.59 Å². The van der Waals surface area contributed by atoms with Crippen LogP contribution in [0.2, 0.25) is 0 Å². The van der Waals surface area contributed by atoms with Gasteiger partial charge in [-0.1, -0.05) is 22.0 Å². The van der Waals surface area contributed by atoms with Gasteiger partial charge in [0.25, 0.3) is 0 Å². The van der Waals surface area contributed by atoms with E-state index in [-0.39, 0.29) is 52.2 Å². The molecular weight excluding hydrogens is 338 g/mol. The first-order chi connectivity index (χ1) is 10.1. The zero-order valence-electron chi connectivity index (χ0n) is 11.0. The molecule has 0 spiro atoms. The van der Waals surface area contributed by atoms with E-state index in [1.165, 1.54) is 6.07 Å². The molecule has 1 amide bonds. The monoisotopic (exact) mass is 351 g/mol. The third-order valence-electron chi connectivity index (χ3n) is 4.94. The Morgan fingerprint density at radius 2 is 2.19 bits per heavy atom. The van der Waals surface area contributed by atoms with Crippen LogP contribution in [0.15, 0.2) is 24.3 Å². The Hall–Kier alpha value is -1.56. The molecule has 1 aromatic carbocycles. The number of benzene rings is 1. The fourth-order valence-corrected chi connectivity index (χ4v) is 5.18. The van der Waals surface area contributed by atoms with Gasteiger partial charge in [-0.2, -0.15) is 0 Å². The highest BCUT2D eigenvalue weighted by molar-refractivity contribution is 9.09. The standard InChI is InChI=1S/C15H14BrNO4/c16-12-8-5-9-11(15(20)21-13(9)12)10(8)14(19)17-6-2-1-3-7(18)4-6/h1-4,8-13,18H,5H2,(H,17,19)/t8-,9-,10-,11+,12+,13+/m1/s1. The van der Waals surface area contributed by atoms with Crippen LogP contribution in [0.3, 0.4) is 0 Å². The third kappa shape index (κ3) is 1.81. The van der Waals surface area contributed by atoms with Crippen molar-refractivity contribution in [1.29, 1.82) is 0 Å². The lowest BCUT2D eigenvalue weighted by Gasteiger charge is -2.27. The smallest absolute Gasteiger partial charge is 0.310 e. The molecule has 21 heavy (non-hydrogen) atoms. The van der Waals surface area contributed by atoms with E-state index < -0.39 is 0 Å². The van der Waals surface area contributed by atoms with Gasteiger partial charge >= 0.3 is 5.97 Å². The molecule has 1 aliphatic heterocycles. The number of halogens is 1. The number of phenolic OH excluding ortho intramolecular Hbond substituents is 1. The van der Waals surface area contributed by atoms with Crippen LogP contribution in [-0.2, 0) is 14.3 Å². The number of amides is 1. The number of carbonyl (C=O) groups is 2. The SMILES string of the molecule is O=C(Nc1cccc(O)c1)[C@@H]1[C@H]2C[C@H]3[C@H](OC(=O)[C@@H]31)[C@H]2Br. The minimum absolute atomic E-state index is 0.0603. The summed E-state index contributed by atoms with van der Waals surface area (Å²) in [6, 6.07) is 6.41. The minimum Gasteiger partial charge on any atom is -0.508 e. The Kier molecular flexibility index (Phi) is 2.79. The summed E-state index contributed by atoms with van der Waals surface area (Å²) in [6.45, 7) is 0. The zero-order valence-corrected chi connectivity index (χ0v) is 12.6. The fraction of sp³-hybridized carbons (Fsp3) is 0.467. The normalized spacial score (nSPS) is 39.4. The Labute approximate surface area is 129 Å². The number of phenols is 1. The van der Waals surface area contributed by atoms with Crippen molar-refractivity contribution in [1.82, 2.24) is 0 Å². The van der Waals surface area contributed by atoms with E-state index in [0.29, 0.717) is 5.69 Å². The first kappa shape index (κ1) is 13.1. The number of fused-ring (bicyclic) bond motifs is 1. The van der Waals surface area contributed by atoms with Crippen LogP contribution in [0.25, 0.3) is 0 Å². The van der Waals surface area contributed by atoms with E-state index in [0.717, 1.165) is 6.42 Å². The number of anilines is 1. The molecule has 2 bridgehead atoms. The zero-order chi connectivity index (χ0) is 14.7. The highest BCUT2D eigenvalue weighted by Crippen LogP contribution is 2.60. The summed E-state index contributed by atoms with van der Waals surface area (Å²) in [5.41, 5.74) is 0.539. The number of esters is 1. The van der Waals surface area contributed by atoms with Crippen molar-refractivity contribution < 1.29 is 19.4 Å². The van der Waals surface area contributed by atoms with Gasteiger partial charge in [0.2, 0.25) is 5.91 Å². The van der Waals surface area contributed by atoms with Crippen molar-refractivity contribution in [3.05, 3.63) is 24.3 Å². The molecule has 5 nitrogen and oxygen atoms in total. The number of aromatic hydroxyl groups is 1. The second kappa shape index (κ2) is 4.47. The highest BCUT2D eigenvalue weighted by Gasteiger charge is 2.67. The second-order valence-corrected chi connectivity index (χ2v) is 7.06. The van der Waals surface area contributed by atoms with Crippen LogP contribution in [0.5, 0.6) is 5.75 Å². The number of ether oxygens (including phenoxy) is 1. The van der Waals surface area contributed by atoms with Gasteiger partial charge in [0, 0.05) is 17.7 Å². The first-order valence-corrected chi connectivity index (χ1v) is 7.92. The minimum atomic E-state index is -0.354. The Morgan fingerprint density at radius 3 is 2.95 bits per heavy atom. The summed E-state index contributed by atoms with van der Waals surface area (Å²) in [6.07, 6.45) is 0.784. The van der Waals surface area contributed by atoms with Crippen molar-refractivity contribution >= 4 is 33.5 Å². The van der Waals surface area contributed by atoms with Crippen LogP contribution in [-0.4, -0.2) is 27.9 Å². The maximum Gasteiger partial charge on any atom is 0.310 e. The third-order valence-corrected chi connectivity index (χ3v) is 6.14. The van der Waals surface area contributed by atoms with E-state index in [1.54, 1.807) is 18.2 Å². The predicted octanol–water partition coefficient (Wildman–Crippen LogP) is 1.90. The van der Waals surface area contributed by atoms with Gasteiger partial charge in [-0.05, 0) is 24.5 Å². The van der Waals surface area contributed by atoms with Crippen molar-refractivity contribution in [2.45, 2.75) is 17.4 Å². The van der Waals surface area contributed by atoms with E-state index >= 15 is 0 Å². The number of hydrogen-bond acceptors (Lipinski definition) is 4. The Bertz CT molecular complexity index is 634. The van der Waals surface area contributed by atoms with Crippen molar-refractivity contribution in [2.75, 3.05) is 5.32 Å². The second-order valence-electron chi connectivity index (χ2n) is 6.00. The lowest BCUT2D eigenvalue weighted by atomic mass is 9.79. The van der Waals surface area contributed by atoms with E-state index in [9.17, 15) is 14.7 Å². The van der Waals surface area contributed by atoms with Crippen molar-refractivity contribution in [3.8, 4) is 5.75 Å². The summed E-state index contributed by atoms with van der Waals surface area (Å²) in [4.78, 5) is 24.6. The number of alkyl halides is 1. The molecule has 6 atom stereocenters. The number of rotatable bonds is 2. The lowest BCUT2D eigenvalue weighted by molar-refractivity contribution is -0.145. The molecule has 0 aromatic heterocycles. The Morgan fingerprint density at radius 1 is 1.38 bits per heavy atom. The molecule has 1 saturated heterocycles. The van der Waals surface area contributed by atoms with Gasteiger partial charge in [-0.25, -0.2) is 0 Å². The number of hydrogen-bond donors (Lipinski definition) is 2. The molecule has 110 valence electrons. The van der Waals surface area contributed by atoms with Crippen LogP contribution in [0.1, 0.15) is 6.42 Å². The molecule has 1 aromatic rings. The predicted molar refractivity (Wildman–Crippen MR) is 77.9 cm³/mol. The van der Waals surface area contributed by atoms with Crippen LogP contribution in [0.4, 0.5) is 5.69 Å². The molecule has 2 saturated carbocycles. The van der Waals surface area contributed by atoms with Gasteiger partial charge in [0.05, 0.1) is 16.7 Å². The lowest BCUT2D eigenvalue weighted by Crippen LogP contribution is -2.40. The van der Waals surface area contributed by atoms with Gasteiger partial charge in [-0.15, -0.1) is 0 Å². The van der Waals surface area contributed by atoms with E-state index in [4.69, 9.17) is 4.74 Å². The van der Waals surface area contributed by atoms with E-state index in [2.05, 4.69) is 21.2 Å². The molecule has 1 heterocycles. The maximum absolute atomic E-state index is 12.6. The Balaban J connectivity index is 1.59. The summed E-state index contributed by atoms with van der Waals surface area (Å²) in [5.74, 6) is -0.690. The van der Waals surface area contributed by atoms with Crippen molar-refractivity contribution in [2.24, 2.45) is 23.7 Å². The molecular formula is C15H14BrNO4. The maximum atomic E-state index is 12.6. The van der Waals surface area contributed by atoms with Crippen LogP contribution in [0, 0.1) is 23.7 Å². The molecule has 2 N–H and O–H groups in total. The molecule has 0 unspecified atom stereocenters. The fourth-order valence-electron chi connectivity index (χ4n) is 4.14. The molecule has 2 aliphatic carbocycles. The average molecular weight is 352 g/mol. The molecule has 0 radical (unpaired) electrons.